The van der Waals surface area contributed by atoms with Gasteiger partial charge in [-0.2, -0.15) is 0 Å². The fourth-order valence-electron chi connectivity index (χ4n) is 5.59. The predicted octanol–water partition coefficient (Wildman–Crippen LogP) is 3.20. The van der Waals surface area contributed by atoms with Gasteiger partial charge in [-0.15, -0.1) is 0 Å². The Morgan fingerprint density at radius 3 is 2.42 bits per heavy atom. The smallest absolute Gasteiger partial charge is 0.338 e. The van der Waals surface area contributed by atoms with E-state index in [1.165, 1.54) is 36.8 Å². The Balaban J connectivity index is 1.20. The summed E-state index contributed by atoms with van der Waals surface area (Å²) >= 11 is 0. The van der Waals surface area contributed by atoms with Crippen LogP contribution >= 0.6 is 0 Å². The molecule has 9 heteroatoms. The molecule has 0 unspecified atom stereocenters. The number of nitrogens with zero attached hydrogens (tertiary/aromatic N) is 1. The quantitative estimate of drug-likeness (QED) is 0.360. The van der Waals surface area contributed by atoms with E-state index in [1.807, 2.05) is 6.92 Å². The van der Waals surface area contributed by atoms with Crippen molar-refractivity contribution < 1.29 is 33.4 Å². The molecule has 3 amide bonds. The van der Waals surface area contributed by atoms with Gasteiger partial charge in [-0.25, -0.2) is 4.79 Å². The van der Waals surface area contributed by atoms with Gasteiger partial charge >= 0.3 is 5.97 Å². The standard InChI is InChI=1S/C27H26N2O7/c1-14-10-16-11-19(14)24-23(16)25(31)29(26(24)32)17-6-4-15(5-7-17)27(33)36-13-22(30)28-20-12-18(34-2)8-9-21(20)35-3/h4-10,12,16,19,23-24H,11,13H2,1-3H3,(H,28,30)/t16-,19+,23+,24-/m0/s1. The first-order valence-electron chi connectivity index (χ1n) is 11.7. The van der Waals surface area contributed by atoms with Gasteiger partial charge in [-0.3, -0.25) is 19.3 Å². The summed E-state index contributed by atoms with van der Waals surface area (Å²) in [5.41, 5.74) is 2.19. The average molecular weight is 491 g/mol. The molecule has 0 radical (unpaired) electrons. The molecule has 1 saturated heterocycles. The van der Waals surface area contributed by atoms with Crippen molar-refractivity contribution >= 4 is 35.1 Å². The van der Waals surface area contributed by atoms with E-state index in [9.17, 15) is 19.2 Å². The highest BCUT2D eigenvalue weighted by molar-refractivity contribution is 6.23. The van der Waals surface area contributed by atoms with Crippen molar-refractivity contribution in [3.05, 3.63) is 59.7 Å². The number of carbonyl (C=O) groups is 4. The first-order chi connectivity index (χ1) is 17.3. The average Bonchev–Trinajstić information content (AvgIpc) is 3.52. The molecule has 1 saturated carbocycles. The third-order valence-electron chi connectivity index (χ3n) is 7.26. The summed E-state index contributed by atoms with van der Waals surface area (Å²) in [6.45, 7) is 1.51. The Labute approximate surface area is 208 Å². The van der Waals surface area contributed by atoms with E-state index >= 15 is 0 Å². The van der Waals surface area contributed by atoms with Crippen LogP contribution < -0.4 is 19.7 Å². The minimum atomic E-state index is -0.705. The second-order valence-electron chi connectivity index (χ2n) is 9.22. The zero-order valence-corrected chi connectivity index (χ0v) is 20.1. The molecular formula is C27H26N2O7. The Hall–Kier alpha value is -4.14. The first-order valence-corrected chi connectivity index (χ1v) is 11.7. The van der Waals surface area contributed by atoms with Crippen LogP contribution in [0, 0.1) is 23.7 Å². The minimum Gasteiger partial charge on any atom is -0.497 e. The summed E-state index contributed by atoms with van der Waals surface area (Å²) in [7, 11) is 2.97. The lowest BCUT2D eigenvalue weighted by atomic mass is 9.82. The van der Waals surface area contributed by atoms with Crippen LogP contribution in [0.2, 0.25) is 0 Å². The summed E-state index contributed by atoms with van der Waals surface area (Å²) in [6, 6.07) is 11.0. The maximum absolute atomic E-state index is 13.1. The van der Waals surface area contributed by atoms with Crippen molar-refractivity contribution in [2.45, 2.75) is 13.3 Å². The number of hydrogen-bond donors (Lipinski definition) is 1. The molecule has 36 heavy (non-hydrogen) atoms. The van der Waals surface area contributed by atoms with Crippen molar-refractivity contribution in [1.29, 1.82) is 0 Å². The fraction of sp³-hybridized carbons (Fsp3) is 0.333. The van der Waals surface area contributed by atoms with Crippen LogP contribution in [0.1, 0.15) is 23.7 Å². The molecule has 1 aliphatic heterocycles. The van der Waals surface area contributed by atoms with Gasteiger partial charge in [0.1, 0.15) is 11.5 Å². The van der Waals surface area contributed by atoms with E-state index in [-0.39, 0.29) is 41.0 Å². The molecule has 1 heterocycles. The second kappa shape index (κ2) is 9.14. The largest absolute Gasteiger partial charge is 0.497 e. The molecule has 2 aromatic carbocycles. The number of fused-ring (bicyclic) bond motifs is 5. The van der Waals surface area contributed by atoms with Gasteiger partial charge in [0, 0.05) is 6.07 Å². The van der Waals surface area contributed by atoms with Crippen molar-refractivity contribution in [2.24, 2.45) is 23.7 Å². The molecular weight excluding hydrogens is 464 g/mol. The number of carbonyl (C=O) groups excluding carboxylic acids is 4. The molecule has 2 aliphatic carbocycles. The molecule has 0 spiro atoms. The number of allylic oxidation sites excluding steroid dienone is 2. The zero-order chi connectivity index (χ0) is 25.6. The summed E-state index contributed by atoms with van der Waals surface area (Å²) in [5.74, 6) is -0.978. The normalized spacial score (nSPS) is 23.9. The highest BCUT2D eigenvalue weighted by atomic mass is 16.5. The lowest BCUT2D eigenvalue weighted by Gasteiger charge is -2.19. The maximum Gasteiger partial charge on any atom is 0.338 e. The van der Waals surface area contributed by atoms with Crippen LogP contribution in [0.5, 0.6) is 11.5 Å². The molecule has 2 bridgehead atoms. The van der Waals surface area contributed by atoms with Crippen LogP contribution in [0.4, 0.5) is 11.4 Å². The summed E-state index contributed by atoms with van der Waals surface area (Å²) in [4.78, 5) is 52.2. The van der Waals surface area contributed by atoms with E-state index in [0.29, 0.717) is 22.9 Å². The summed E-state index contributed by atoms with van der Waals surface area (Å²) in [6.07, 6.45) is 3.00. The molecule has 0 aromatic heterocycles. The predicted molar refractivity (Wildman–Crippen MR) is 130 cm³/mol. The van der Waals surface area contributed by atoms with Gasteiger partial charge in [0.05, 0.1) is 43.0 Å². The van der Waals surface area contributed by atoms with E-state index < -0.39 is 18.5 Å². The third kappa shape index (κ3) is 3.90. The number of ether oxygens (including phenoxy) is 3. The van der Waals surface area contributed by atoms with Gasteiger partial charge < -0.3 is 19.5 Å². The molecule has 5 rings (SSSR count). The van der Waals surface area contributed by atoms with Gasteiger partial charge in [0.2, 0.25) is 11.8 Å². The monoisotopic (exact) mass is 490 g/mol. The van der Waals surface area contributed by atoms with E-state index in [0.717, 1.165) is 6.42 Å². The van der Waals surface area contributed by atoms with Gasteiger partial charge in [-0.1, -0.05) is 11.6 Å². The number of nitrogens with one attached hydrogen (secondary N) is 1. The number of amides is 3. The number of methoxy groups -OCH3 is 2. The number of esters is 1. The topological polar surface area (TPSA) is 111 Å². The van der Waals surface area contributed by atoms with Crippen LogP contribution in [0.3, 0.4) is 0 Å². The Kier molecular flexibility index (Phi) is 5.99. The Bertz CT molecular complexity index is 1280. The molecule has 9 nitrogen and oxygen atoms in total. The number of anilines is 2. The Morgan fingerprint density at radius 1 is 1.00 bits per heavy atom. The van der Waals surface area contributed by atoms with Gasteiger partial charge in [0.15, 0.2) is 6.61 Å². The van der Waals surface area contributed by atoms with Crippen molar-refractivity contribution in [3.63, 3.8) is 0 Å². The SMILES string of the molecule is COc1ccc(OC)c(NC(=O)COC(=O)c2ccc(N3C(=O)[C@@H]4[C@H](C3=O)[C@H]3C=C(C)[C@H]4C3)cc2)c1. The van der Waals surface area contributed by atoms with Gasteiger partial charge in [-0.05, 0) is 61.6 Å². The molecule has 2 aromatic rings. The van der Waals surface area contributed by atoms with Crippen molar-refractivity contribution in [2.75, 3.05) is 31.0 Å². The van der Waals surface area contributed by atoms with Crippen molar-refractivity contribution in [3.8, 4) is 11.5 Å². The van der Waals surface area contributed by atoms with E-state index in [2.05, 4.69) is 11.4 Å². The maximum atomic E-state index is 13.1. The van der Waals surface area contributed by atoms with Crippen LogP contribution in [-0.4, -0.2) is 44.5 Å². The van der Waals surface area contributed by atoms with Gasteiger partial charge in [0.25, 0.3) is 5.91 Å². The molecule has 2 fully saturated rings. The Morgan fingerprint density at radius 2 is 1.72 bits per heavy atom. The summed E-state index contributed by atoms with van der Waals surface area (Å²) < 4.78 is 15.5. The van der Waals surface area contributed by atoms with E-state index in [1.54, 1.807) is 30.3 Å². The lowest BCUT2D eigenvalue weighted by molar-refractivity contribution is -0.123. The highest BCUT2D eigenvalue weighted by Crippen LogP contribution is 2.55. The molecule has 1 N–H and O–H groups in total. The fourth-order valence-corrected chi connectivity index (χ4v) is 5.59. The van der Waals surface area contributed by atoms with Crippen LogP contribution in [0.15, 0.2) is 54.1 Å². The molecule has 3 aliphatic rings. The highest BCUT2D eigenvalue weighted by Gasteiger charge is 2.60. The number of hydrogen-bond acceptors (Lipinski definition) is 7. The van der Waals surface area contributed by atoms with Crippen LogP contribution in [-0.2, 0) is 19.1 Å². The molecule has 186 valence electrons. The first kappa shape index (κ1) is 23.6. The zero-order valence-electron chi connectivity index (χ0n) is 20.1. The van der Waals surface area contributed by atoms with Crippen LogP contribution in [0.25, 0.3) is 0 Å². The second-order valence-corrected chi connectivity index (χ2v) is 9.22. The van der Waals surface area contributed by atoms with Crippen molar-refractivity contribution in [1.82, 2.24) is 0 Å². The number of imide groups is 1. The summed E-state index contributed by atoms with van der Waals surface area (Å²) in [5, 5.41) is 2.63. The minimum absolute atomic E-state index is 0.124. The number of benzene rings is 2. The molecule has 4 atom stereocenters. The third-order valence-corrected chi connectivity index (χ3v) is 7.26. The number of rotatable bonds is 7. The lowest BCUT2D eigenvalue weighted by Crippen LogP contribution is -2.33. The van der Waals surface area contributed by atoms with E-state index in [4.69, 9.17) is 14.2 Å².